The number of nitriles is 1. The van der Waals surface area contributed by atoms with E-state index in [0.717, 1.165) is 16.8 Å². The molecule has 4 unspecified atom stereocenters. The molecule has 1 fully saturated rings. The smallest absolute Gasteiger partial charge is 0.329 e. The molecule has 0 bridgehead atoms. The highest BCUT2D eigenvalue weighted by Gasteiger charge is 2.67. The Morgan fingerprint density at radius 2 is 1.81 bits per heavy atom. The maximum atomic E-state index is 14.4. The summed E-state index contributed by atoms with van der Waals surface area (Å²) < 4.78 is 11.5. The van der Waals surface area contributed by atoms with Gasteiger partial charge in [0.05, 0.1) is 30.3 Å². The number of esters is 1. The van der Waals surface area contributed by atoms with Crippen LogP contribution in [0.15, 0.2) is 83.3 Å². The van der Waals surface area contributed by atoms with Crippen LogP contribution in [0.5, 0.6) is 5.75 Å². The Labute approximate surface area is 224 Å². The molecule has 4 atom stereocenters. The molecule has 0 N–H and O–H groups in total. The van der Waals surface area contributed by atoms with Gasteiger partial charge in [-0.1, -0.05) is 60.7 Å². The van der Waals surface area contributed by atoms with Crippen LogP contribution in [0.25, 0.3) is 6.08 Å². The van der Waals surface area contributed by atoms with Crippen LogP contribution in [0.2, 0.25) is 0 Å². The summed E-state index contributed by atoms with van der Waals surface area (Å²) in [7, 11) is 1.56. The fraction of sp³-hybridized carbons (Fsp3) is 0.233. The molecule has 0 radical (unpaired) electrons. The third kappa shape index (κ3) is 3.84. The van der Waals surface area contributed by atoms with Gasteiger partial charge in [-0.25, -0.2) is 0 Å². The summed E-state index contributed by atoms with van der Waals surface area (Å²) in [6.07, 6.45) is 3.77. The zero-order valence-corrected chi connectivity index (χ0v) is 22.0. The van der Waals surface area contributed by atoms with E-state index in [9.17, 15) is 14.9 Å². The van der Waals surface area contributed by atoms with Crippen LogP contribution >= 0.6 is 15.9 Å². The topological polar surface area (TPSA) is 79.6 Å². The standard InChI is InChI=1S/C30H25BrN2O4/c1-3-37-29(35)30(18-32)25-16-14-19-9-7-8-12-23(19)33(25)27(26(30)20-10-5-4-6-11-20)28(34)21-13-15-24(36-2)22(31)17-21/h4-17,25-27H,3H2,1-2H3. The number of para-hydroxylation sites is 1. The first-order chi connectivity index (χ1) is 18.0. The molecule has 5 rings (SSSR count). The predicted molar refractivity (Wildman–Crippen MR) is 144 cm³/mol. The molecule has 3 aromatic rings. The molecular weight excluding hydrogens is 532 g/mol. The number of hydrogen-bond donors (Lipinski definition) is 0. The molecule has 37 heavy (non-hydrogen) atoms. The van der Waals surface area contributed by atoms with Gasteiger partial charge in [0.2, 0.25) is 0 Å². The van der Waals surface area contributed by atoms with E-state index in [1.807, 2.05) is 71.6 Å². The van der Waals surface area contributed by atoms with E-state index in [4.69, 9.17) is 9.47 Å². The zero-order valence-electron chi connectivity index (χ0n) is 20.4. The Balaban J connectivity index is 1.79. The molecule has 0 spiro atoms. The van der Waals surface area contributed by atoms with Crippen LogP contribution in [-0.4, -0.2) is 37.6 Å². The number of carbonyl (C=O) groups excluding carboxylic acids is 2. The number of methoxy groups -OCH3 is 1. The number of anilines is 1. The van der Waals surface area contributed by atoms with Gasteiger partial charge in [0, 0.05) is 17.2 Å². The second kappa shape index (κ2) is 9.87. The number of ketones is 1. The lowest BCUT2D eigenvalue weighted by molar-refractivity contribution is -0.152. The third-order valence-corrected chi connectivity index (χ3v) is 7.83. The monoisotopic (exact) mass is 556 g/mol. The van der Waals surface area contributed by atoms with Gasteiger partial charge >= 0.3 is 5.97 Å². The number of ether oxygens (including phenoxy) is 2. The molecule has 0 aromatic heterocycles. The summed E-state index contributed by atoms with van der Waals surface area (Å²) in [6.45, 7) is 1.84. The number of carbonyl (C=O) groups is 2. The highest BCUT2D eigenvalue weighted by atomic mass is 79.9. The molecule has 186 valence electrons. The van der Waals surface area contributed by atoms with Crippen molar-refractivity contribution in [1.29, 1.82) is 5.26 Å². The summed E-state index contributed by atoms with van der Waals surface area (Å²) in [5.41, 5.74) is 1.23. The van der Waals surface area contributed by atoms with Crippen molar-refractivity contribution in [3.63, 3.8) is 0 Å². The predicted octanol–water partition coefficient (Wildman–Crippen LogP) is 5.78. The van der Waals surface area contributed by atoms with Crippen molar-refractivity contribution in [2.24, 2.45) is 5.41 Å². The molecule has 0 amide bonds. The van der Waals surface area contributed by atoms with E-state index in [-0.39, 0.29) is 12.4 Å². The van der Waals surface area contributed by atoms with Gasteiger partial charge in [0.1, 0.15) is 11.8 Å². The zero-order chi connectivity index (χ0) is 26.2. The number of hydrogen-bond acceptors (Lipinski definition) is 6. The second-order valence-corrected chi connectivity index (χ2v) is 9.87. The highest BCUT2D eigenvalue weighted by molar-refractivity contribution is 9.10. The number of rotatable bonds is 6. The molecular formula is C30H25BrN2O4. The minimum atomic E-state index is -1.65. The first-order valence-electron chi connectivity index (χ1n) is 12.0. The summed E-state index contributed by atoms with van der Waals surface area (Å²) >= 11 is 3.49. The lowest BCUT2D eigenvalue weighted by atomic mass is 9.68. The van der Waals surface area contributed by atoms with Crippen molar-refractivity contribution in [3.05, 3.63) is 100 Å². The van der Waals surface area contributed by atoms with Crippen molar-refractivity contribution in [3.8, 4) is 11.8 Å². The molecule has 2 aliphatic heterocycles. The van der Waals surface area contributed by atoms with Crippen LogP contribution in [-0.2, 0) is 9.53 Å². The van der Waals surface area contributed by atoms with Gasteiger partial charge in [0.25, 0.3) is 0 Å². The number of benzene rings is 3. The number of fused-ring (bicyclic) bond motifs is 3. The van der Waals surface area contributed by atoms with Crippen molar-refractivity contribution in [1.82, 2.24) is 0 Å². The van der Waals surface area contributed by atoms with E-state index in [1.54, 1.807) is 32.2 Å². The molecule has 1 saturated heterocycles. The Morgan fingerprint density at radius 1 is 1.08 bits per heavy atom. The molecule has 7 heteroatoms. The van der Waals surface area contributed by atoms with Gasteiger partial charge in [-0.3, -0.25) is 9.59 Å². The van der Waals surface area contributed by atoms with Gasteiger partial charge < -0.3 is 14.4 Å². The average Bonchev–Trinajstić information content (AvgIpc) is 3.25. The number of Topliss-reactive ketones (excluding diaryl/α,β-unsaturated/α-hetero) is 1. The van der Waals surface area contributed by atoms with Crippen LogP contribution in [0, 0.1) is 16.7 Å². The van der Waals surface area contributed by atoms with E-state index in [1.165, 1.54) is 0 Å². The normalized spacial score (nSPS) is 23.5. The maximum absolute atomic E-state index is 14.4. The Bertz CT molecular complexity index is 1430. The first kappa shape index (κ1) is 24.8. The van der Waals surface area contributed by atoms with Crippen molar-refractivity contribution in [2.45, 2.75) is 24.9 Å². The fourth-order valence-electron chi connectivity index (χ4n) is 5.64. The van der Waals surface area contributed by atoms with E-state index in [0.29, 0.717) is 15.8 Å². The second-order valence-electron chi connectivity index (χ2n) is 9.02. The van der Waals surface area contributed by atoms with E-state index >= 15 is 0 Å². The van der Waals surface area contributed by atoms with Crippen molar-refractivity contribution in [2.75, 3.05) is 18.6 Å². The maximum Gasteiger partial charge on any atom is 0.329 e. The third-order valence-electron chi connectivity index (χ3n) is 7.21. The minimum Gasteiger partial charge on any atom is -0.496 e. The summed E-state index contributed by atoms with van der Waals surface area (Å²) in [5.74, 6) is -1.01. The summed E-state index contributed by atoms with van der Waals surface area (Å²) in [5, 5.41) is 10.8. The number of nitrogens with zero attached hydrogens (tertiary/aromatic N) is 2. The van der Waals surface area contributed by atoms with Gasteiger partial charge in [-0.05, 0) is 58.2 Å². The van der Waals surface area contributed by atoms with Gasteiger partial charge in [0.15, 0.2) is 11.2 Å². The summed E-state index contributed by atoms with van der Waals surface area (Å²) in [4.78, 5) is 30.1. The minimum absolute atomic E-state index is 0.126. The van der Waals surface area contributed by atoms with Crippen molar-refractivity contribution >= 4 is 39.4 Å². The summed E-state index contributed by atoms with van der Waals surface area (Å²) in [6, 6.07) is 23.0. The molecule has 2 heterocycles. The van der Waals surface area contributed by atoms with Crippen LogP contribution < -0.4 is 9.64 Å². The SMILES string of the molecule is CCOC(=O)C1(C#N)C(c2ccccc2)C(C(=O)c2ccc(OC)c(Br)c2)N2c3ccccc3C=CC21. The first-order valence-corrected chi connectivity index (χ1v) is 12.8. The largest absolute Gasteiger partial charge is 0.496 e. The van der Waals surface area contributed by atoms with E-state index < -0.39 is 29.4 Å². The molecule has 2 aliphatic rings. The average molecular weight is 557 g/mol. The molecule has 6 nitrogen and oxygen atoms in total. The highest BCUT2D eigenvalue weighted by Crippen LogP contribution is 2.56. The van der Waals surface area contributed by atoms with Crippen LogP contribution in [0.3, 0.4) is 0 Å². The Kier molecular flexibility index (Phi) is 6.61. The lowest BCUT2D eigenvalue weighted by Crippen LogP contribution is -2.47. The Morgan fingerprint density at radius 3 is 2.49 bits per heavy atom. The fourth-order valence-corrected chi connectivity index (χ4v) is 6.18. The van der Waals surface area contributed by atoms with E-state index in [2.05, 4.69) is 22.0 Å². The van der Waals surface area contributed by atoms with Crippen LogP contribution in [0.4, 0.5) is 5.69 Å². The van der Waals surface area contributed by atoms with Gasteiger partial charge in [-0.15, -0.1) is 0 Å². The molecule has 0 saturated carbocycles. The molecule has 3 aromatic carbocycles. The molecule has 0 aliphatic carbocycles. The lowest BCUT2D eigenvalue weighted by Gasteiger charge is -2.36. The van der Waals surface area contributed by atoms with Gasteiger partial charge in [-0.2, -0.15) is 5.26 Å². The number of halogens is 1. The van der Waals surface area contributed by atoms with Crippen molar-refractivity contribution < 1.29 is 19.1 Å². The van der Waals surface area contributed by atoms with Crippen LogP contribution in [0.1, 0.15) is 34.3 Å². The quantitative estimate of drug-likeness (QED) is 0.283. The Hall–Kier alpha value is -3.89.